The molecule has 112 valence electrons. The van der Waals surface area contributed by atoms with Gasteiger partial charge in [-0.05, 0) is 17.7 Å². The zero-order valence-electron chi connectivity index (χ0n) is 11.4. The van der Waals surface area contributed by atoms with Crippen LogP contribution in [0.25, 0.3) is 11.3 Å². The maximum absolute atomic E-state index is 12.5. The Kier molecular flexibility index (Phi) is 3.49. The van der Waals surface area contributed by atoms with E-state index in [0.29, 0.717) is 11.5 Å². The quantitative estimate of drug-likeness (QED) is 0.934. The van der Waals surface area contributed by atoms with Gasteiger partial charge in [-0.2, -0.15) is 13.2 Å². The number of nitrogens with one attached hydrogen (secondary N) is 1. The van der Waals surface area contributed by atoms with Gasteiger partial charge in [0.1, 0.15) is 5.82 Å². The SMILES string of the molecule is C[C@@H](c1ncc(-c2ccc(C(F)(F)F)cc2)[nH]1)C1COC1. The van der Waals surface area contributed by atoms with Crippen LogP contribution in [0, 0.1) is 5.92 Å². The van der Waals surface area contributed by atoms with E-state index in [1.807, 2.05) is 0 Å². The summed E-state index contributed by atoms with van der Waals surface area (Å²) in [7, 11) is 0. The zero-order valence-corrected chi connectivity index (χ0v) is 11.4. The lowest BCUT2D eigenvalue weighted by Crippen LogP contribution is -2.32. The molecule has 0 spiro atoms. The van der Waals surface area contributed by atoms with Gasteiger partial charge in [-0.1, -0.05) is 19.1 Å². The van der Waals surface area contributed by atoms with Crippen LogP contribution in [-0.4, -0.2) is 23.2 Å². The molecule has 1 N–H and O–H groups in total. The molecule has 0 unspecified atom stereocenters. The molecule has 1 saturated heterocycles. The fourth-order valence-electron chi connectivity index (χ4n) is 2.32. The minimum Gasteiger partial charge on any atom is -0.381 e. The van der Waals surface area contributed by atoms with Crippen molar-refractivity contribution >= 4 is 0 Å². The summed E-state index contributed by atoms with van der Waals surface area (Å²) in [5.41, 5.74) is 0.774. The number of hydrogen-bond acceptors (Lipinski definition) is 2. The molecule has 1 aliphatic rings. The van der Waals surface area contributed by atoms with Crippen molar-refractivity contribution in [1.29, 1.82) is 0 Å². The van der Waals surface area contributed by atoms with E-state index in [0.717, 1.165) is 36.9 Å². The second-order valence-corrected chi connectivity index (χ2v) is 5.34. The first-order chi connectivity index (χ1) is 9.95. The van der Waals surface area contributed by atoms with Crippen molar-refractivity contribution in [2.45, 2.75) is 19.0 Å². The summed E-state index contributed by atoms with van der Waals surface area (Å²) >= 11 is 0. The number of H-pyrrole nitrogens is 1. The van der Waals surface area contributed by atoms with E-state index in [9.17, 15) is 13.2 Å². The molecule has 0 aliphatic carbocycles. The fraction of sp³-hybridized carbons (Fsp3) is 0.400. The summed E-state index contributed by atoms with van der Waals surface area (Å²) in [6.45, 7) is 3.54. The molecule has 2 aromatic rings. The van der Waals surface area contributed by atoms with Crippen molar-refractivity contribution < 1.29 is 17.9 Å². The molecule has 1 fully saturated rings. The van der Waals surface area contributed by atoms with Crippen LogP contribution in [0.2, 0.25) is 0 Å². The molecule has 0 bridgehead atoms. The van der Waals surface area contributed by atoms with Gasteiger partial charge in [-0.25, -0.2) is 4.98 Å². The average Bonchev–Trinajstić information content (AvgIpc) is 2.85. The molecule has 0 saturated carbocycles. The maximum Gasteiger partial charge on any atom is 0.416 e. The highest BCUT2D eigenvalue weighted by molar-refractivity contribution is 5.59. The predicted octanol–water partition coefficient (Wildman–Crippen LogP) is 3.85. The molecule has 3 rings (SSSR count). The number of aromatic amines is 1. The molecular weight excluding hydrogens is 281 g/mol. The molecule has 3 nitrogen and oxygen atoms in total. The van der Waals surface area contributed by atoms with Crippen LogP contribution in [0.15, 0.2) is 30.5 Å². The molecule has 0 amide bonds. The van der Waals surface area contributed by atoms with Crippen LogP contribution in [0.4, 0.5) is 13.2 Å². The Morgan fingerprint density at radius 3 is 2.43 bits per heavy atom. The standard InChI is InChI=1S/C15H15F3N2O/c1-9(11-7-21-8-11)14-19-6-13(20-14)10-2-4-12(5-3-10)15(16,17)18/h2-6,9,11H,7-8H2,1H3,(H,19,20)/t9-/m1/s1. The molecule has 0 radical (unpaired) electrons. The first kappa shape index (κ1) is 14.1. The monoisotopic (exact) mass is 296 g/mol. The van der Waals surface area contributed by atoms with Crippen molar-refractivity contribution in [3.63, 3.8) is 0 Å². The lowest BCUT2D eigenvalue weighted by molar-refractivity contribution is -0.137. The van der Waals surface area contributed by atoms with Crippen molar-refractivity contribution in [2.24, 2.45) is 5.92 Å². The lowest BCUT2D eigenvalue weighted by atomic mass is 9.92. The summed E-state index contributed by atoms with van der Waals surface area (Å²) in [4.78, 5) is 7.52. The van der Waals surface area contributed by atoms with Gasteiger partial charge in [0, 0.05) is 11.8 Å². The van der Waals surface area contributed by atoms with Gasteiger partial charge in [-0.3, -0.25) is 0 Å². The van der Waals surface area contributed by atoms with E-state index >= 15 is 0 Å². The number of imidazole rings is 1. The van der Waals surface area contributed by atoms with E-state index in [2.05, 4.69) is 16.9 Å². The Balaban J connectivity index is 1.79. The van der Waals surface area contributed by atoms with Gasteiger partial charge < -0.3 is 9.72 Å². The van der Waals surface area contributed by atoms with Gasteiger partial charge in [-0.15, -0.1) is 0 Å². The molecule has 2 heterocycles. The Morgan fingerprint density at radius 2 is 1.90 bits per heavy atom. The molecule has 1 aliphatic heterocycles. The first-order valence-electron chi connectivity index (χ1n) is 6.75. The number of alkyl halides is 3. The third-order valence-electron chi connectivity index (χ3n) is 3.92. The van der Waals surface area contributed by atoms with Crippen molar-refractivity contribution in [2.75, 3.05) is 13.2 Å². The van der Waals surface area contributed by atoms with Gasteiger partial charge in [0.2, 0.25) is 0 Å². The highest BCUT2D eigenvalue weighted by Crippen LogP contribution is 2.32. The van der Waals surface area contributed by atoms with Gasteiger partial charge >= 0.3 is 6.18 Å². The van der Waals surface area contributed by atoms with E-state index in [4.69, 9.17) is 4.74 Å². The van der Waals surface area contributed by atoms with Crippen LogP contribution in [0.5, 0.6) is 0 Å². The van der Waals surface area contributed by atoms with Crippen molar-refractivity contribution in [1.82, 2.24) is 9.97 Å². The number of aromatic nitrogens is 2. The largest absolute Gasteiger partial charge is 0.416 e. The Hall–Kier alpha value is -1.82. The van der Waals surface area contributed by atoms with E-state index in [-0.39, 0.29) is 5.92 Å². The first-order valence-corrected chi connectivity index (χ1v) is 6.75. The average molecular weight is 296 g/mol. The molecule has 1 atom stereocenters. The fourth-order valence-corrected chi connectivity index (χ4v) is 2.32. The van der Waals surface area contributed by atoms with Gasteiger partial charge in [0.15, 0.2) is 0 Å². The molecule has 6 heteroatoms. The predicted molar refractivity (Wildman–Crippen MR) is 71.7 cm³/mol. The smallest absolute Gasteiger partial charge is 0.381 e. The minimum atomic E-state index is -4.31. The summed E-state index contributed by atoms with van der Waals surface area (Å²) in [5.74, 6) is 1.55. The normalized spacial score (nSPS) is 17.5. The Labute approximate surface area is 120 Å². The highest BCUT2D eigenvalue weighted by atomic mass is 19.4. The van der Waals surface area contributed by atoms with Gasteiger partial charge in [0.05, 0.1) is 30.7 Å². The summed E-state index contributed by atoms with van der Waals surface area (Å²) < 4.78 is 42.8. The lowest BCUT2D eigenvalue weighted by Gasteiger charge is -2.30. The van der Waals surface area contributed by atoms with Crippen LogP contribution in [0.3, 0.4) is 0 Å². The number of ether oxygens (including phenoxy) is 1. The number of rotatable bonds is 3. The second kappa shape index (κ2) is 5.18. The third kappa shape index (κ3) is 2.81. The van der Waals surface area contributed by atoms with E-state index in [1.54, 1.807) is 6.20 Å². The highest BCUT2D eigenvalue weighted by Gasteiger charge is 2.30. The van der Waals surface area contributed by atoms with E-state index in [1.165, 1.54) is 12.1 Å². The zero-order chi connectivity index (χ0) is 15.0. The third-order valence-corrected chi connectivity index (χ3v) is 3.92. The van der Waals surface area contributed by atoms with Crippen LogP contribution < -0.4 is 0 Å². The molecule has 1 aromatic carbocycles. The van der Waals surface area contributed by atoms with Crippen LogP contribution in [-0.2, 0) is 10.9 Å². The van der Waals surface area contributed by atoms with Crippen molar-refractivity contribution in [3.05, 3.63) is 41.9 Å². The van der Waals surface area contributed by atoms with E-state index < -0.39 is 11.7 Å². The minimum absolute atomic E-state index is 0.252. The van der Waals surface area contributed by atoms with Gasteiger partial charge in [0.25, 0.3) is 0 Å². The maximum atomic E-state index is 12.5. The molecular formula is C15H15F3N2O. The molecule has 21 heavy (non-hydrogen) atoms. The van der Waals surface area contributed by atoms with Crippen LogP contribution in [0.1, 0.15) is 24.2 Å². The summed E-state index contributed by atoms with van der Waals surface area (Å²) in [6, 6.07) is 5.08. The number of benzene rings is 1. The Bertz CT molecular complexity index is 615. The van der Waals surface area contributed by atoms with Crippen LogP contribution >= 0.6 is 0 Å². The number of hydrogen-bond donors (Lipinski definition) is 1. The topological polar surface area (TPSA) is 37.9 Å². The van der Waals surface area contributed by atoms with Crippen molar-refractivity contribution in [3.8, 4) is 11.3 Å². The Morgan fingerprint density at radius 1 is 1.24 bits per heavy atom. The second-order valence-electron chi connectivity index (χ2n) is 5.34. The summed E-state index contributed by atoms with van der Waals surface area (Å²) in [6.07, 6.45) is -2.65. The molecule has 1 aromatic heterocycles. The number of halogens is 3. The summed E-state index contributed by atoms with van der Waals surface area (Å²) in [5, 5.41) is 0. The number of nitrogens with zero attached hydrogens (tertiary/aromatic N) is 1.